The topological polar surface area (TPSA) is 27.7 Å². The molecule has 113 valence electrons. The highest BCUT2D eigenvalue weighted by molar-refractivity contribution is 7.24. The highest BCUT2D eigenvalue weighted by Crippen LogP contribution is 2.26. The van der Waals surface area contributed by atoms with Crippen LogP contribution < -0.4 is 0 Å². The van der Waals surface area contributed by atoms with Crippen molar-refractivity contribution in [3.8, 4) is 0 Å². The van der Waals surface area contributed by atoms with Crippen molar-refractivity contribution >= 4 is 44.9 Å². The second kappa shape index (κ2) is 7.85. The lowest BCUT2D eigenvalue weighted by atomic mass is 11.2. The quantitative estimate of drug-likeness (QED) is 0.433. The van der Waals surface area contributed by atoms with E-state index in [1.54, 1.807) is 22.8 Å². The maximum atomic E-state index is 6.41. The molecule has 0 unspecified atom stereocenters. The van der Waals surface area contributed by atoms with E-state index in [1.807, 2.05) is 13.1 Å². The third kappa shape index (κ3) is 6.18. The minimum Gasteiger partial charge on any atom is -0.436 e. The van der Waals surface area contributed by atoms with Crippen LogP contribution >= 0.6 is 11.1 Å². The van der Waals surface area contributed by atoms with Gasteiger partial charge in [0.2, 0.25) is 0 Å². The zero-order valence-corrected chi connectivity index (χ0v) is 17.5. The first-order valence-corrected chi connectivity index (χ1v) is 16.5. The van der Waals surface area contributed by atoms with Crippen LogP contribution in [-0.2, 0) is 12.3 Å². The van der Waals surface area contributed by atoms with Gasteiger partial charge < -0.3 is 12.3 Å². The van der Waals surface area contributed by atoms with Gasteiger partial charge in [-0.2, -0.15) is 0 Å². The van der Waals surface area contributed by atoms with E-state index in [0.29, 0.717) is 0 Å². The van der Waals surface area contributed by atoms with Crippen molar-refractivity contribution in [2.75, 3.05) is 0 Å². The van der Waals surface area contributed by atoms with Crippen molar-refractivity contribution in [2.24, 2.45) is 0 Å². The largest absolute Gasteiger partial charge is 0.436 e. The summed E-state index contributed by atoms with van der Waals surface area (Å²) < 4.78 is 18.2. The van der Waals surface area contributed by atoms with E-state index in [2.05, 4.69) is 39.4 Å². The Morgan fingerprint density at radius 1 is 0.900 bits per heavy atom. The molecule has 0 aliphatic rings. The molecule has 0 aromatic heterocycles. The lowest BCUT2D eigenvalue weighted by Crippen LogP contribution is -2.55. The summed E-state index contributed by atoms with van der Waals surface area (Å²) in [6, 6.07) is 0. The second-order valence-corrected chi connectivity index (χ2v) is 18.2. The van der Waals surface area contributed by atoms with Crippen LogP contribution in [0.4, 0.5) is 0 Å². The van der Waals surface area contributed by atoms with Gasteiger partial charge in [0.15, 0.2) is 9.04 Å². The zero-order valence-electron chi connectivity index (χ0n) is 12.7. The Kier molecular flexibility index (Phi) is 7.85. The molecular weight excluding hydrogens is 340 g/mol. The summed E-state index contributed by atoms with van der Waals surface area (Å²) in [5.74, 6) is 0. The van der Waals surface area contributed by atoms with Crippen LogP contribution in [0.15, 0.2) is 49.1 Å². The van der Waals surface area contributed by atoms with Crippen molar-refractivity contribution in [3.63, 3.8) is 0 Å². The minimum absolute atomic E-state index is 0.860. The van der Waals surface area contributed by atoms with Crippen molar-refractivity contribution in [3.05, 3.63) is 49.1 Å². The van der Waals surface area contributed by atoms with Crippen LogP contribution in [0, 0.1) is 0 Å². The van der Waals surface area contributed by atoms with Gasteiger partial charge in [-0.15, -0.1) is 37.4 Å². The maximum Gasteiger partial charge on any atom is 0.373 e. The molecule has 1 radical (unpaired) electrons. The molecular formula is C12H24ClO3Si4. The van der Waals surface area contributed by atoms with Crippen molar-refractivity contribution in [2.45, 2.75) is 26.2 Å². The smallest absolute Gasteiger partial charge is 0.373 e. The van der Waals surface area contributed by atoms with Gasteiger partial charge in [-0.25, -0.2) is 0 Å². The molecule has 0 rings (SSSR count). The molecule has 8 heteroatoms. The van der Waals surface area contributed by atoms with Gasteiger partial charge in [-0.3, -0.25) is 0 Å². The Labute approximate surface area is 132 Å². The van der Waals surface area contributed by atoms with E-state index < -0.39 is 33.8 Å². The molecule has 0 N–H and O–H groups in total. The van der Waals surface area contributed by atoms with Gasteiger partial charge in [0.1, 0.15) is 0 Å². The summed E-state index contributed by atoms with van der Waals surface area (Å²) in [7, 11) is -8.80. The van der Waals surface area contributed by atoms with E-state index in [-0.39, 0.29) is 0 Å². The maximum absolute atomic E-state index is 6.41. The normalized spacial score (nSPS) is 13.1. The van der Waals surface area contributed by atoms with E-state index in [9.17, 15) is 0 Å². The molecule has 0 bridgehead atoms. The number of halogens is 1. The van der Waals surface area contributed by atoms with Crippen LogP contribution in [0.3, 0.4) is 0 Å². The molecule has 0 fully saturated rings. The average Bonchev–Trinajstić information content (AvgIpc) is 2.35. The van der Waals surface area contributed by atoms with Crippen molar-refractivity contribution in [1.29, 1.82) is 0 Å². The van der Waals surface area contributed by atoms with Crippen molar-refractivity contribution in [1.82, 2.24) is 0 Å². The van der Waals surface area contributed by atoms with Crippen LogP contribution in [0.5, 0.6) is 0 Å². The summed E-state index contributed by atoms with van der Waals surface area (Å²) in [4.78, 5) is 0. The Balaban J connectivity index is 5.31. The molecule has 0 spiro atoms. The second-order valence-electron chi connectivity index (χ2n) is 4.85. The first-order chi connectivity index (χ1) is 9.07. The van der Waals surface area contributed by atoms with Gasteiger partial charge in [0.05, 0.1) is 0 Å². The van der Waals surface area contributed by atoms with Crippen LogP contribution in [0.25, 0.3) is 0 Å². The standard InChI is InChI=1S/C12H24ClO3Si4/c1-9-19(13,10-2)16-20(11-3,12-4)15-18(7,8)14-17(5)6/h9-12H,1-4H2,5-8H3. The van der Waals surface area contributed by atoms with Gasteiger partial charge in [-0.05, 0) is 37.6 Å². The third-order valence-electron chi connectivity index (χ3n) is 2.30. The zero-order chi connectivity index (χ0) is 16.0. The summed E-state index contributed by atoms with van der Waals surface area (Å²) >= 11 is 6.41. The molecule has 0 saturated carbocycles. The number of hydrogen-bond donors (Lipinski definition) is 0. The number of rotatable bonds is 10. The lowest BCUT2D eigenvalue weighted by Gasteiger charge is -2.37. The Morgan fingerprint density at radius 2 is 1.35 bits per heavy atom. The molecule has 0 aliphatic carbocycles. The first kappa shape index (κ1) is 20.0. The fraction of sp³-hybridized carbons (Fsp3) is 0.333. The lowest BCUT2D eigenvalue weighted by molar-refractivity contribution is 0.350. The molecule has 0 aliphatic heterocycles. The molecule has 0 saturated heterocycles. The highest BCUT2D eigenvalue weighted by atomic mass is 35.6. The highest BCUT2D eigenvalue weighted by Gasteiger charge is 2.45. The molecule has 0 aromatic rings. The summed E-state index contributed by atoms with van der Waals surface area (Å²) in [5.41, 5.74) is 6.55. The molecule has 0 aromatic carbocycles. The first-order valence-electron chi connectivity index (χ1n) is 6.20. The Hall–Kier alpha value is -0.00247. The van der Waals surface area contributed by atoms with Gasteiger partial charge >= 0.3 is 24.7 Å². The average molecular weight is 364 g/mol. The van der Waals surface area contributed by atoms with E-state index in [4.69, 9.17) is 23.4 Å². The fourth-order valence-electron chi connectivity index (χ4n) is 1.58. The molecule has 0 heterocycles. The van der Waals surface area contributed by atoms with E-state index in [1.165, 1.54) is 0 Å². The van der Waals surface area contributed by atoms with Gasteiger partial charge in [0, 0.05) is 0 Å². The van der Waals surface area contributed by atoms with Gasteiger partial charge in [0.25, 0.3) is 0 Å². The molecule has 0 amide bonds. The Bertz CT molecular complexity index is 369. The van der Waals surface area contributed by atoms with Crippen LogP contribution in [0.1, 0.15) is 0 Å². The fourth-order valence-corrected chi connectivity index (χ4v) is 15.0. The summed E-state index contributed by atoms with van der Waals surface area (Å²) in [6.07, 6.45) is 0. The van der Waals surface area contributed by atoms with Crippen LogP contribution in [-0.4, -0.2) is 33.8 Å². The monoisotopic (exact) mass is 363 g/mol. The number of hydrogen-bond acceptors (Lipinski definition) is 3. The predicted octanol–water partition coefficient (Wildman–Crippen LogP) is 4.01. The van der Waals surface area contributed by atoms with E-state index in [0.717, 1.165) is 0 Å². The van der Waals surface area contributed by atoms with Crippen LogP contribution in [0.2, 0.25) is 26.2 Å². The van der Waals surface area contributed by atoms with E-state index >= 15 is 0 Å². The Morgan fingerprint density at radius 3 is 1.65 bits per heavy atom. The molecule has 20 heavy (non-hydrogen) atoms. The minimum atomic E-state index is -2.85. The van der Waals surface area contributed by atoms with Crippen molar-refractivity contribution < 1.29 is 12.3 Å². The summed E-state index contributed by atoms with van der Waals surface area (Å²) in [5, 5.41) is 0. The summed E-state index contributed by atoms with van der Waals surface area (Å²) in [6.45, 7) is 23.2. The predicted molar refractivity (Wildman–Crippen MR) is 96.4 cm³/mol. The van der Waals surface area contributed by atoms with Gasteiger partial charge in [-0.1, -0.05) is 11.4 Å². The molecule has 0 atom stereocenters. The SMILES string of the molecule is C=C[Si](Cl)(C=C)O[Si](C=C)(C=C)O[Si](C)(C)O[Si](C)C. The third-order valence-corrected chi connectivity index (χ3v) is 15.5. The molecule has 3 nitrogen and oxygen atoms in total.